The summed E-state index contributed by atoms with van der Waals surface area (Å²) in [5.41, 5.74) is 6.03. The van der Waals surface area contributed by atoms with Crippen molar-refractivity contribution in [3.8, 4) is 0 Å². The number of carbonyl (C=O) groups excluding carboxylic acids is 1. The molecule has 0 heterocycles. The van der Waals surface area contributed by atoms with E-state index in [-0.39, 0.29) is 5.41 Å². The Labute approximate surface area is 105 Å². The van der Waals surface area contributed by atoms with Crippen LogP contribution in [0.5, 0.6) is 0 Å². The molecule has 3 heteroatoms. The van der Waals surface area contributed by atoms with Crippen LogP contribution in [0.3, 0.4) is 0 Å². The molecule has 0 radical (unpaired) electrons. The van der Waals surface area contributed by atoms with Gasteiger partial charge in [-0.25, -0.2) is 0 Å². The summed E-state index contributed by atoms with van der Waals surface area (Å²) < 4.78 is 0. The van der Waals surface area contributed by atoms with Gasteiger partial charge >= 0.3 is 0 Å². The molecule has 0 saturated heterocycles. The molecule has 2 aliphatic carbocycles. The van der Waals surface area contributed by atoms with Crippen LogP contribution in [-0.2, 0) is 4.79 Å². The lowest BCUT2D eigenvalue weighted by Gasteiger charge is -2.23. The molecule has 98 valence electrons. The van der Waals surface area contributed by atoms with E-state index in [2.05, 4.69) is 0 Å². The highest BCUT2D eigenvalue weighted by Gasteiger charge is 2.42. The van der Waals surface area contributed by atoms with Gasteiger partial charge in [-0.05, 0) is 31.7 Å². The Kier molecular flexibility index (Phi) is 4.08. The van der Waals surface area contributed by atoms with E-state index in [1.54, 1.807) is 0 Å². The van der Waals surface area contributed by atoms with Crippen molar-refractivity contribution in [1.29, 1.82) is 0 Å². The number of nitrogens with two attached hydrogens (primary N) is 1. The quantitative estimate of drug-likeness (QED) is 0.770. The Balaban J connectivity index is 1.67. The molecule has 1 amide bonds. The van der Waals surface area contributed by atoms with Gasteiger partial charge < -0.3 is 10.6 Å². The average molecular weight is 238 g/mol. The normalized spacial score (nSPS) is 22.7. The first-order chi connectivity index (χ1) is 8.15. The van der Waals surface area contributed by atoms with Crippen molar-refractivity contribution >= 4 is 5.91 Å². The van der Waals surface area contributed by atoms with Crippen LogP contribution in [0.15, 0.2) is 0 Å². The monoisotopic (exact) mass is 238 g/mol. The molecule has 0 bridgehead atoms. The zero-order valence-corrected chi connectivity index (χ0v) is 11.1. The Morgan fingerprint density at radius 3 is 2.53 bits per heavy atom. The third-order valence-electron chi connectivity index (χ3n) is 4.63. The highest BCUT2D eigenvalue weighted by molar-refractivity contribution is 5.75. The molecule has 0 aromatic heterocycles. The van der Waals surface area contributed by atoms with Gasteiger partial charge in [0.1, 0.15) is 0 Å². The first-order valence-electron chi connectivity index (χ1n) is 7.09. The summed E-state index contributed by atoms with van der Waals surface area (Å²) in [5.74, 6) is 1.13. The van der Waals surface area contributed by atoms with Crippen molar-refractivity contribution in [3.63, 3.8) is 0 Å². The third-order valence-corrected chi connectivity index (χ3v) is 4.63. The van der Waals surface area contributed by atoms with Crippen molar-refractivity contribution in [2.24, 2.45) is 17.1 Å². The lowest BCUT2D eigenvalue weighted by Crippen LogP contribution is -2.35. The van der Waals surface area contributed by atoms with Crippen LogP contribution >= 0.6 is 0 Å². The molecule has 0 aromatic rings. The number of hydrogen-bond acceptors (Lipinski definition) is 2. The zero-order chi connectivity index (χ0) is 12.3. The van der Waals surface area contributed by atoms with Gasteiger partial charge in [-0.2, -0.15) is 0 Å². The fourth-order valence-corrected chi connectivity index (χ4v) is 3.01. The molecule has 2 N–H and O–H groups in total. The number of amides is 1. The molecule has 17 heavy (non-hydrogen) atoms. The van der Waals surface area contributed by atoms with Crippen molar-refractivity contribution in [2.45, 2.75) is 51.4 Å². The van der Waals surface area contributed by atoms with E-state index in [9.17, 15) is 4.79 Å². The molecule has 2 fully saturated rings. The number of hydrogen-bond donors (Lipinski definition) is 1. The van der Waals surface area contributed by atoms with Crippen LogP contribution in [0.2, 0.25) is 0 Å². The Hall–Kier alpha value is -0.570. The first-order valence-corrected chi connectivity index (χ1v) is 7.09. The topological polar surface area (TPSA) is 46.3 Å². The molecule has 2 aliphatic rings. The SMILES string of the molecule is CN(CC1(CN)CC1)C(=O)CCC1CCCC1. The van der Waals surface area contributed by atoms with E-state index in [0.717, 1.165) is 31.8 Å². The molecule has 2 saturated carbocycles. The summed E-state index contributed by atoms with van der Waals surface area (Å²) in [6.07, 6.45) is 9.64. The molecule has 0 spiro atoms. The Morgan fingerprint density at radius 2 is 2.00 bits per heavy atom. The van der Waals surface area contributed by atoms with Crippen LogP contribution in [0.4, 0.5) is 0 Å². The number of nitrogens with zero attached hydrogens (tertiary/aromatic N) is 1. The molecular formula is C14H26N2O. The third kappa shape index (κ3) is 3.44. The Morgan fingerprint density at radius 1 is 1.35 bits per heavy atom. The minimum absolute atomic E-state index is 0.276. The van der Waals surface area contributed by atoms with Gasteiger partial charge in [0.15, 0.2) is 0 Å². The summed E-state index contributed by atoms with van der Waals surface area (Å²) in [5, 5.41) is 0. The van der Waals surface area contributed by atoms with E-state index >= 15 is 0 Å². The predicted octanol–water partition coefficient (Wildman–Crippen LogP) is 2.15. The fraction of sp³-hybridized carbons (Fsp3) is 0.929. The van der Waals surface area contributed by atoms with Gasteiger partial charge in [0, 0.05) is 25.4 Å². The molecule has 0 unspecified atom stereocenters. The van der Waals surface area contributed by atoms with E-state index in [4.69, 9.17) is 5.73 Å². The molecule has 2 rings (SSSR count). The van der Waals surface area contributed by atoms with Gasteiger partial charge in [-0.15, -0.1) is 0 Å². The van der Waals surface area contributed by atoms with E-state index in [1.165, 1.54) is 38.5 Å². The predicted molar refractivity (Wildman–Crippen MR) is 69.6 cm³/mol. The molecular weight excluding hydrogens is 212 g/mol. The maximum absolute atomic E-state index is 12.0. The maximum Gasteiger partial charge on any atom is 0.222 e. The van der Waals surface area contributed by atoms with Crippen molar-refractivity contribution in [2.75, 3.05) is 20.1 Å². The standard InChI is InChI=1S/C14H26N2O/c1-16(11-14(10-15)8-9-14)13(17)7-6-12-4-2-3-5-12/h12H,2-11,15H2,1H3. The van der Waals surface area contributed by atoms with Crippen LogP contribution in [-0.4, -0.2) is 30.9 Å². The van der Waals surface area contributed by atoms with Crippen LogP contribution in [0.25, 0.3) is 0 Å². The summed E-state index contributed by atoms with van der Waals surface area (Å²) in [7, 11) is 1.94. The second-order valence-electron chi connectivity index (χ2n) is 6.14. The zero-order valence-electron chi connectivity index (χ0n) is 11.1. The van der Waals surface area contributed by atoms with Gasteiger partial charge in [-0.1, -0.05) is 25.7 Å². The summed E-state index contributed by atoms with van der Waals surface area (Å²) in [6, 6.07) is 0. The van der Waals surface area contributed by atoms with E-state index in [1.807, 2.05) is 11.9 Å². The van der Waals surface area contributed by atoms with E-state index in [0.29, 0.717) is 5.91 Å². The van der Waals surface area contributed by atoms with Gasteiger partial charge in [0.2, 0.25) is 5.91 Å². The van der Waals surface area contributed by atoms with Crippen LogP contribution < -0.4 is 5.73 Å². The lowest BCUT2D eigenvalue weighted by atomic mass is 10.0. The average Bonchev–Trinajstić information content (AvgIpc) is 2.91. The molecule has 0 aromatic carbocycles. The smallest absolute Gasteiger partial charge is 0.222 e. The van der Waals surface area contributed by atoms with Gasteiger partial charge in [-0.3, -0.25) is 4.79 Å². The number of carbonyl (C=O) groups is 1. The lowest BCUT2D eigenvalue weighted by molar-refractivity contribution is -0.130. The minimum atomic E-state index is 0.276. The second kappa shape index (κ2) is 5.38. The largest absolute Gasteiger partial charge is 0.345 e. The second-order valence-corrected chi connectivity index (χ2v) is 6.14. The summed E-state index contributed by atoms with van der Waals surface area (Å²) in [6.45, 7) is 1.60. The van der Waals surface area contributed by atoms with Gasteiger partial charge in [0.05, 0.1) is 0 Å². The van der Waals surface area contributed by atoms with Crippen LogP contribution in [0, 0.1) is 11.3 Å². The molecule has 3 nitrogen and oxygen atoms in total. The fourth-order valence-electron chi connectivity index (χ4n) is 3.01. The summed E-state index contributed by atoms with van der Waals surface area (Å²) >= 11 is 0. The molecule has 0 atom stereocenters. The number of rotatable bonds is 6. The highest BCUT2D eigenvalue weighted by Crippen LogP contribution is 2.45. The maximum atomic E-state index is 12.0. The highest BCUT2D eigenvalue weighted by atomic mass is 16.2. The minimum Gasteiger partial charge on any atom is -0.345 e. The van der Waals surface area contributed by atoms with Crippen molar-refractivity contribution in [1.82, 2.24) is 4.90 Å². The summed E-state index contributed by atoms with van der Waals surface area (Å²) in [4.78, 5) is 13.9. The van der Waals surface area contributed by atoms with Gasteiger partial charge in [0.25, 0.3) is 0 Å². The van der Waals surface area contributed by atoms with Crippen molar-refractivity contribution in [3.05, 3.63) is 0 Å². The van der Waals surface area contributed by atoms with Crippen molar-refractivity contribution < 1.29 is 4.79 Å². The Bertz CT molecular complexity index is 267. The molecule has 0 aliphatic heterocycles. The van der Waals surface area contributed by atoms with E-state index < -0.39 is 0 Å². The van der Waals surface area contributed by atoms with Crippen LogP contribution in [0.1, 0.15) is 51.4 Å². The first kappa shape index (κ1) is 12.9.